The Hall–Kier alpha value is -2.60. The van der Waals surface area contributed by atoms with E-state index in [2.05, 4.69) is 34.9 Å². The predicted octanol–water partition coefficient (Wildman–Crippen LogP) is 5.30. The number of halogens is 1. The van der Waals surface area contributed by atoms with Crippen molar-refractivity contribution in [1.29, 1.82) is 0 Å². The summed E-state index contributed by atoms with van der Waals surface area (Å²) in [6.45, 7) is 6.63. The largest absolute Gasteiger partial charge is 0.493 e. The van der Waals surface area contributed by atoms with Crippen molar-refractivity contribution in [3.63, 3.8) is 0 Å². The highest BCUT2D eigenvalue weighted by Crippen LogP contribution is 2.31. The molecule has 0 saturated carbocycles. The van der Waals surface area contributed by atoms with Gasteiger partial charge in [0.2, 0.25) is 0 Å². The van der Waals surface area contributed by atoms with Crippen molar-refractivity contribution in [2.45, 2.75) is 20.8 Å². The van der Waals surface area contributed by atoms with Gasteiger partial charge in [-0.1, -0.05) is 41.9 Å². The minimum Gasteiger partial charge on any atom is -0.493 e. The molecule has 0 saturated heterocycles. The van der Waals surface area contributed by atoms with Crippen LogP contribution < -0.4 is 14.5 Å². The fraction of sp³-hybridized carbons (Fsp3) is 0.273. The number of benzene rings is 2. The van der Waals surface area contributed by atoms with E-state index in [9.17, 15) is 4.79 Å². The molecule has 6 heteroatoms. The number of hydrazone groups is 1. The summed E-state index contributed by atoms with van der Waals surface area (Å²) in [6, 6.07) is 13.1. The van der Waals surface area contributed by atoms with Gasteiger partial charge in [-0.05, 0) is 54.8 Å². The van der Waals surface area contributed by atoms with E-state index in [1.165, 1.54) is 5.01 Å². The number of hydrogen-bond acceptors (Lipinski definition) is 4. The van der Waals surface area contributed by atoms with E-state index in [-0.39, 0.29) is 5.91 Å². The molecule has 5 nitrogen and oxygen atoms in total. The van der Waals surface area contributed by atoms with Crippen molar-refractivity contribution >= 4 is 39.3 Å². The maximum atomic E-state index is 12.9. The topological polar surface area (TPSA) is 51.1 Å². The second-order valence-corrected chi connectivity index (χ2v) is 7.87. The summed E-state index contributed by atoms with van der Waals surface area (Å²) in [7, 11) is 1.61. The number of methoxy groups -OCH3 is 1. The third-order valence-electron chi connectivity index (χ3n) is 4.19. The van der Waals surface area contributed by atoms with Crippen LogP contribution in [0.15, 0.2) is 57.6 Å². The molecule has 0 unspecified atom stereocenters. The average molecular weight is 443 g/mol. The molecule has 0 aromatic heterocycles. The van der Waals surface area contributed by atoms with E-state index in [0.717, 1.165) is 15.7 Å². The van der Waals surface area contributed by atoms with Gasteiger partial charge >= 0.3 is 0 Å². The number of hydrogen-bond donors (Lipinski definition) is 0. The Morgan fingerprint density at radius 3 is 2.64 bits per heavy atom. The molecule has 2 aromatic rings. The van der Waals surface area contributed by atoms with Gasteiger partial charge in [-0.2, -0.15) is 10.1 Å². The Morgan fingerprint density at radius 2 is 1.96 bits per heavy atom. The van der Waals surface area contributed by atoms with Crippen LogP contribution in [0.2, 0.25) is 0 Å². The molecule has 1 amide bonds. The molecular weight excluding hydrogens is 420 g/mol. The smallest absolute Gasteiger partial charge is 0.280 e. The molecular formula is C22H23BrN2O3. The van der Waals surface area contributed by atoms with Crippen LogP contribution in [0.3, 0.4) is 0 Å². The molecule has 1 aliphatic heterocycles. The molecule has 0 spiro atoms. The SMILES string of the molecule is COc1cc(/C=C2\C(=O)N(c3cccc(Br)c3)N=C2C)ccc1OCC(C)C. The maximum absolute atomic E-state index is 12.9. The molecule has 0 bridgehead atoms. The lowest BCUT2D eigenvalue weighted by atomic mass is 10.1. The molecule has 1 heterocycles. The van der Waals surface area contributed by atoms with Crippen molar-refractivity contribution in [3.8, 4) is 11.5 Å². The Morgan fingerprint density at radius 1 is 1.18 bits per heavy atom. The van der Waals surface area contributed by atoms with E-state index in [0.29, 0.717) is 35.3 Å². The van der Waals surface area contributed by atoms with Crippen LogP contribution in [-0.2, 0) is 4.79 Å². The van der Waals surface area contributed by atoms with Gasteiger partial charge in [0.15, 0.2) is 11.5 Å². The first-order chi connectivity index (χ1) is 13.4. The molecule has 146 valence electrons. The number of amides is 1. The van der Waals surface area contributed by atoms with E-state index < -0.39 is 0 Å². The van der Waals surface area contributed by atoms with Crippen molar-refractivity contribution in [1.82, 2.24) is 0 Å². The number of rotatable bonds is 6. The fourth-order valence-electron chi connectivity index (χ4n) is 2.78. The zero-order valence-corrected chi connectivity index (χ0v) is 18.0. The van der Waals surface area contributed by atoms with Gasteiger partial charge in [-0.3, -0.25) is 4.79 Å². The van der Waals surface area contributed by atoms with Crippen LogP contribution in [0.25, 0.3) is 6.08 Å². The van der Waals surface area contributed by atoms with E-state index in [1.807, 2.05) is 55.5 Å². The first-order valence-corrected chi connectivity index (χ1v) is 9.86. The second kappa shape index (κ2) is 8.61. The summed E-state index contributed by atoms with van der Waals surface area (Å²) in [4.78, 5) is 12.9. The third-order valence-corrected chi connectivity index (χ3v) is 4.68. The van der Waals surface area contributed by atoms with Gasteiger partial charge in [0.25, 0.3) is 5.91 Å². The fourth-order valence-corrected chi connectivity index (χ4v) is 3.17. The summed E-state index contributed by atoms with van der Waals surface area (Å²) in [5.74, 6) is 1.59. The first kappa shape index (κ1) is 20.1. The summed E-state index contributed by atoms with van der Waals surface area (Å²) >= 11 is 3.43. The molecule has 28 heavy (non-hydrogen) atoms. The third kappa shape index (κ3) is 4.44. The molecule has 2 aromatic carbocycles. The number of carbonyl (C=O) groups excluding carboxylic acids is 1. The number of carbonyl (C=O) groups is 1. The highest BCUT2D eigenvalue weighted by atomic mass is 79.9. The molecule has 0 fully saturated rings. The number of anilines is 1. The monoisotopic (exact) mass is 442 g/mol. The Kier molecular flexibility index (Phi) is 6.19. The molecule has 3 rings (SSSR count). The zero-order chi connectivity index (χ0) is 20.3. The summed E-state index contributed by atoms with van der Waals surface area (Å²) in [6.07, 6.45) is 1.83. The quantitative estimate of drug-likeness (QED) is 0.570. The summed E-state index contributed by atoms with van der Waals surface area (Å²) in [5, 5.41) is 5.84. The van der Waals surface area contributed by atoms with Crippen molar-refractivity contribution in [3.05, 3.63) is 58.1 Å². The first-order valence-electron chi connectivity index (χ1n) is 9.07. The molecule has 0 N–H and O–H groups in total. The lowest BCUT2D eigenvalue weighted by Crippen LogP contribution is -2.21. The average Bonchev–Trinajstić information content (AvgIpc) is 2.95. The van der Waals surface area contributed by atoms with E-state index >= 15 is 0 Å². The van der Waals surface area contributed by atoms with E-state index in [4.69, 9.17) is 9.47 Å². The van der Waals surface area contributed by atoms with Gasteiger partial charge in [0.1, 0.15) is 0 Å². The van der Waals surface area contributed by atoms with Gasteiger partial charge in [0.05, 0.1) is 30.7 Å². The van der Waals surface area contributed by atoms with Gasteiger partial charge in [-0.25, -0.2) is 0 Å². The molecule has 0 atom stereocenters. The highest BCUT2D eigenvalue weighted by molar-refractivity contribution is 9.10. The molecule has 1 aliphatic rings. The normalized spacial score (nSPS) is 15.4. The lowest BCUT2D eigenvalue weighted by molar-refractivity contribution is -0.114. The van der Waals surface area contributed by atoms with Crippen LogP contribution in [0, 0.1) is 5.92 Å². The zero-order valence-electron chi connectivity index (χ0n) is 16.4. The Bertz CT molecular complexity index is 951. The predicted molar refractivity (Wildman–Crippen MR) is 116 cm³/mol. The van der Waals surface area contributed by atoms with Crippen LogP contribution in [0.1, 0.15) is 26.3 Å². The minimum atomic E-state index is -0.158. The van der Waals surface area contributed by atoms with Gasteiger partial charge in [-0.15, -0.1) is 0 Å². The van der Waals surface area contributed by atoms with Crippen LogP contribution >= 0.6 is 15.9 Å². The van der Waals surface area contributed by atoms with Gasteiger partial charge in [0, 0.05) is 4.47 Å². The van der Waals surface area contributed by atoms with Crippen molar-refractivity contribution in [2.75, 3.05) is 18.7 Å². The molecule has 0 aliphatic carbocycles. The second-order valence-electron chi connectivity index (χ2n) is 6.96. The summed E-state index contributed by atoms with van der Waals surface area (Å²) < 4.78 is 12.1. The standard InChI is InChI=1S/C22H23BrN2O3/c1-14(2)13-28-20-9-8-16(11-21(20)27-4)10-19-15(3)24-25(22(19)26)18-7-5-6-17(23)12-18/h5-12,14H,13H2,1-4H3/b19-10-. The minimum absolute atomic E-state index is 0.158. The van der Waals surface area contributed by atoms with Crippen molar-refractivity contribution in [2.24, 2.45) is 11.0 Å². The lowest BCUT2D eigenvalue weighted by Gasteiger charge is -2.13. The van der Waals surface area contributed by atoms with E-state index in [1.54, 1.807) is 7.11 Å². The van der Waals surface area contributed by atoms with Crippen LogP contribution in [-0.4, -0.2) is 25.3 Å². The Labute approximate surface area is 173 Å². The number of ether oxygens (including phenoxy) is 2. The number of nitrogens with zero attached hydrogens (tertiary/aromatic N) is 2. The maximum Gasteiger partial charge on any atom is 0.280 e. The highest BCUT2D eigenvalue weighted by Gasteiger charge is 2.28. The molecule has 0 radical (unpaired) electrons. The van der Waals surface area contributed by atoms with Gasteiger partial charge < -0.3 is 9.47 Å². The van der Waals surface area contributed by atoms with Crippen LogP contribution in [0.5, 0.6) is 11.5 Å². The van der Waals surface area contributed by atoms with Crippen molar-refractivity contribution < 1.29 is 14.3 Å². The summed E-state index contributed by atoms with van der Waals surface area (Å²) in [5.41, 5.74) is 2.79. The van der Waals surface area contributed by atoms with Crippen LogP contribution in [0.4, 0.5) is 5.69 Å². The Balaban J connectivity index is 1.87.